The molecule has 0 aliphatic carbocycles. The standard InChI is InChI=1S/C14H27N3O/c1-7-15-12(11-9-10-16-17(11)6)13(18-8-2)14(3,4)5/h9-10,12-13,15H,7-8H2,1-6H3. The first kappa shape index (κ1) is 15.2. The van der Waals surface area contributed by atoms with E-state index >= 15 is 0 Å². The zero-order valence-electron chi connectivity index (χ0n) is 12.5. The fraction of sp³-hybridized carbons (Fsp3) is 0.786. The van der Waals surface area contributed by atoms with E-state index < -0.39 is 0 Å². The van der Waals surface area contributed by atoms with E-state index in [1.54, 1.807) is 0 Å². The maximum Gasteiger partial charge on any atom is 0.0832 e. The van der Waals surface area contributed by atoms with Crippen molar-refractivity contribution >= 4 is 0 Å². The van der Waals surface area contributed by atoms with E-state index in [0.717, 1.165) is 13.2 Å². The fourth-order valence-corrected chi connectivity index (χ4v) is 2.30. The average molecular weight is 253 g/mol. The van der Waals surface area contributed by atoms with E-state index in [1.165, 1.54) is 5.69 Å². The molecule has 0 aliphatic rings. The highest BCUT2D eigenvalue weighted by atomic mass is 16.5. The Morgan fingerprint density at radius 1 is 1.39 bits per heavy atom. The van der Waals surface area contributed by atoms with Crippen molar-refractivity contribution in [1.82, 2.24) is 15.1 Å². The van der Waals surface area contributed by atoms with Gasteiger partial charge >= 0.3 is 0 Å². The van der Waals surface area contributed by atoms with Crippen molar-refractivity contribution in [2.24, 2.45) is 12.5 Å². The Balaban J connectivity index is 3.05. The molecule has 1 aromatic heterocycles. The second kappa shape index (κ2) is 6.34. The summed E-state index contributed by atoms with van der Waals surface area (Å²) in [5, 5.41) is 7.80. The van der Waals surface area contributed by atoms with Gasteiger partial charge in [0.15, 0.2) is 0 Å². The van der Waals surface area contributed by atoms with Gasteiger partial charge in [-0.1, -0.05) is 27.7 Å². The van der Waals surface area contributed by atoms with Gasteiger partial charge in [-0.15, -0.1) is 0 Å². The number of aryl methyl sites for hydroxylation is 1. The van der Waals surface area contributed by atoms with Gasteiger partial charge in [0, 0.05) is 19.9 Å². The molecule has 18 heavy (non-hydrogen) atoms. The summed E-state index contributed by atoms with van der Waals surface area (Å²) in [5.74, 6) is 0. The minimum atomic E-state index is 0.0765. The van der Waals surface area contributed by atoms with Crippen LogP contribution in [0.3, 0.4) is 0 Å². The van der Waals surface area contributed by atoms with Crippen LogP contribution in [0.4, 0.5) is 0 Å². The third-order valence-electron chi connectivity index (χ3n) is 3.10. The smallest absolute Gasteiger partial charge is 0.0832 e. The lowest BCUT2D eigenvalue weighted by Crippen LogP contribution is -2.43. The minimum Gasteiger partial charge on any atom is -0.376 e. The van der Waals surface area contributed by atoms with Crippen LogP contribution in [0.15, 0.2) is 12.3 Å². The van der Waals surface area contributed by atoms with Crippen LogP contribution in [0.1, 0.15) is 46.4 Å². The molecule has 4 heteroatoms. The molecule has 0 spiro atoms. The molecule has 0 radical (unpaired) electrons. The van der Waals surface area contributed by atoms with Crippen LogP contribution >= 0.6 is 0 Å². The molecule has 0 saturated heterocycles. The highest BCUT2D eigenvalue weighted by molar-refractivity contribution is 5.10. The molecule has 0 aromatic carbocycles. The Morgan fingerprint density at radius 2 is 2.06 bits per heavy atom. The molecule has 1 heterocycles. The molecule has 1 N–H and O–H groups in total. The van der Waals surface area contributed by atoms with E-state index in [1.807, 2.05) is 24.9 Å². The normalized spacial score (nSPS) is 15.7. The number of hydrogen-bond acceptors (Lipinski definition) is 3. The first-order valence-corrected chi connectivity index (χ1v) is 6.74. The summed E-state index contributed by atoms with van der Waals surface area (Å²) in [7, 11) is 1.98. The van der Waals surface area contributed by atoms with Gasteiger partial charge in [0.1, 0.15) is 0 Å². The van der Waals surface area contributed by atoms with Crippen molar-refractivity contribution in [3.8, 4) is 0 Å². The summed E-state index contributed by atoms with van der Waals surface area (Å²) in [6, 6.07) is 2.23. The van der Waals surface area contributed by atoms with Crippen LogP contribution < -0.4 is 5.32 Å². The minimum absolute atomic E-state index is 0.0765. The second-order valence-corrected chi connectivity index (χ2v) is 5.66. The lowest BCUT2D eigenvalue weighted by atomic mass is 9.83. The van der Waals surface area contributed by atoms with Crippen LogP contribution in [-0.4, -0.2) is 29.0 Å². The Bertz CT molecular complexity index is 354. The zero-order chi connectivity index (χ0) is 13.8. The summed E-state index contributed by atoms with van der Waals surface area (Å²) in [4.78, 5) is 0. The fourth-order valence-electron chi connectivity index (χ4n) is 2.30. The van der Waals surface area contributed by atoms with E-state index in [-0.39, 0.29) is 17.6 Å². The van der Waals surface area contributed by atoms with Crippen LogP contribution in [0.5, 0.6) is 0 Å². The number of hydrogen-bond donors (Lipinski definition) is 1. The molecule has 1 aromatic rings. The summed E-state index contributed by atoms with van der Waals surface area (Å²) in [5.41, 5.74) is 1.25. The maximum absolute atomic E-state index is 6.00. The van der Waals surface area contributed by atoms with Crippen LogP contribution in [0.25, 0.3) is 0 Å². The number of rotatable bonds is 6. The van der Waals surface area contributed by atoms with Crippen molar-refractivity contribution in [3.63, 3.8) is 0 Å². The lowest BCUT2D eigenvalue weighted by Gasteiger charge is -2.37. The molecular formula is C14H27N3O. The van der Waals surface area contributed by atoms with Crippen LogP contribution in [0.2, 0.25) is 0 Å². The predicted octanol–water partition coefficient (Wildman–Crippen LogP) is 2.52. The van der Waals surface area contributed by atoms with E-state index in [2.05, 4.69) is 44.2 Å². The van der Waals surface area contributed by atoms with Gasteiger partial charge in [-0.05, 0) is 24.9 Å². The van der Waals surface area contributed by atoms with E-state index in [9.17, 15) is 0 Å². The molecule has 0 bridgehead atoms. The number of ether oxygens (including phenoxy) is 1. The Kier molecular flexibility index (Phi) is 5.35. The number of aromatic nitrogens is 2. The third-order valence-corrected chi connectivity index (χ3v) is 3.10. The van der Waals surface area contributed by atoms with Gasteiger partial charge in [0.2, 0.25) is 0 Å². The average Bonchev–Trinajstić information content (AvgIpc) is 2.68. The van der Waals surface area contributed by atoms with Gasteiger partial charge in [-0.3, -0.25) is 4.68 Å². The molecule has 2 atom stereocenters. The Morgan fingerprint density at radius 3 is 2.44 bits per heavy atom. The number of nitrogens with one attached hydrogen (secondary N) is 1. The van der Waals surface area contributed by atoms with Crippen molar-refractivity contribution in [2.75, 3.05) is 13.2 Å². The topological polar surface area (TPSA) is 39.1 Å². The molecule has 0 aliphatic heterocycles. The summed E-state index contributed by atoms with van der Waals surface area (Å²) in [6.07, 6.45) is 1.96. The van der Waals surface area contributed by atoms with Crippen molar-refractivity contribution in [3.05, 3.63) is 18.0 Å². The van der Waals surface area contributed by atoms with E-state index in [0.29, 0.717) is 0 Å². The number of nitrogens with zero attached hydrogens (tertiary/aromatic N) is 2. The predicted molar refractivity (Wildman–Crippen MR) is 74.5 cm³/mol. The summed E-state index contributed by atoms with van der Waals surface area (Å²) < 4.78 is 7.92. The first-order chi connectivity index (χ1) is 8.41. The van der Waals surface area contributed by atoms with Crippen molar-refractivity contribution in [1.29, 1.82) is 0 Å². The largest absolute Gasteiger partial charge is 0.376 e. The molecule has 0 amide bonds. The summed E-state index contributed by atoms with van der Waals surface area (Å²) >= 11 is 0. The highest BCUT2D eigenvalue weighted by Crippen LogP contribution is 2.32. The van der Waals surface area contributed by atoms with Crippen LogP contribution in [-0.2, 0) is 11.8 Å². The molecule has 1 rings (SSSR count). The summed E-state index contributed by atoms with van der Waals surface area (Å²) in [6.45, 7) is 12.5. The quantitative estimate of drug-likeness (QED) is 0.846. The monoisotopic (exact) mass is 253 g/mol. The second-order valence-electron chi connectivity index (χ2n) is 5.66. The molecule has 0 fully saturated rings. The van der Waals surface area contributed by atoms with E-state index in [4.69, 9.17) is 4.74 Å². The first-order valence-electron chi connectivity index (χ1n) is 6.74. The molecule has 2 unspecified atom stereocenters. The molecule has 0 saturated carbocycles. The molecule has 4 nitrogen and oxygen atoms in total. The van der Waals surface area contributed by atoms with Crippen molar-refractivity contribution < 1.29 is 4.74 Å². The Hall–Kier alpha value is -0.870. The van der Waals surface area contributed by atoms with Gasteiger partial charge < -0.3 is 10.1 Å². The SMILES string of the molecule is CCNC(c1ccnn1C)C(OCC)C(C)(C)C. The third kappa shape index (κ3) is 3.56. The lowest BCUT2D eigenvalue weighted by molar-refractivity contribution is -0.0378. The van der Waals surface area contributed by atoms with Gasteiger partial charge in [-0.2, -0.15) is 5.10 Å². The zero-order valence-corrected chi connectivity index (χ0v) is 12.5. The van der Waals surface area contributed by atoms with Gasteiger partial charge in [0.25, 0.3) is 0 Å². The van der Waals surface area contributed by atoms with Gasteiger partial charge in [-0.25, -0.2) is 0 Å². The maximum atomic E-state index is 6.00. The highest BCUT2D eigenvalue weighted by Gasteiger charge is 2.34. The van der Waals surface area contributed by atoms with Crippen molar-refractivity contribution in [2.45, 2.75) is 46.8 Å². The Labute approximate surface area is 111 Å². The molecular weight excluding hydrogens is 226 g/mol. The number of likely N-dealkylation sites (N-methyl/N-ethyl adjacent to an activating group) is 1. The van der Waals surface area contributed by atoms with Crippen LogP contribution in [0, 0.1) is 5.41 Å². The van der Waals surface area contributed by atoms with Gasteiger partial charge in [0.05, 0.1) is 17.8 Å². The molecule has 104 valence electrons.